The Morgan fingerprint density at radius 1 is 1.36 bits per heavy atom. The quantitative estimate of drug-likeness (QED) is 0.653. The second-order valence-corrected chi connectivity index (χ2v) is 9.46. The van der Waals surface area contributed by atoms with Crippen LogP contribution in [-0.2, 0) is 13.0 Å². The second-order valence-electron chi connectivity index (χ2n) is 9.46. The molecule has 0 spiro atoms. The maximum atomic E-state index is 11.7. The lowest BCUT2D eigenvalue weighted by Gasteiger charge is -2.93. The molecule has 4 saturated carbocycles. The first-order valence-corrected chi connectivity index (χ1v) is 9.69. The average Bonchev–Trinajstić information content (AvgIpc) is 2.61. The van der Waals surface area contributed by atoms with Crippen LogP contribution in [0.25, 0.3) is 0 Å². The molecule has 132 valence electrons. The second kappa shape index (κ2) is 4.44. The minimum Gasteiger partial charge on any atom is -0.298 e. The number of fused-ring (bicyclic) bond motifs is 3. The molecule has 4 unspecified atom stereocenters. The fourth-order valence-electron chi connectivity index (χ4n) is 8.00. The third kappa shape index (κ3) is 1.50. The van der Waals surface area contributed by atoms with Crippen molar-refractivity contribution >= 4 is 5.91 Å². The van der Waals surface area contributed by atoms with Crippen LogP contribution in [0.3, 0.4) is 0 Å². The van der Waals surface area contributed by atoms with E-state index in [-0.39, 0.29) is 0 Å². The zero-order valence-corrected chi connectivity index (χ0v) is 14.8. The largest absolute Gasteiger partial charge is 0.298 e. The van der Waals surface area contributed by atoms with Crippen LogP contribution in [0.4, 0.5) is 0 Å². The molecule has 2 heterocycles. The van der Waals surface area contributed by atoms with E-state index in [1.54, 1.807) is 11.7 Å². The monoisotopic (exact) mass is 339 g/mol. The molecule has 1 aliphatic heterocycles. The lowest BCUT2D eigenvalue weighted by molar-refractivity contribution is -0.467. The van der Waals surface area contributed by atoms with Gasteiger partial charge in [0.2, 0.25) is 0 Å². The van der Waals surface area contributed by atoms with Crippen LogP contribution in [0.2, 0.25) is 0 Å². The summed E-state index contributed by atoms with van der Waals surface area (Å²) in [6.07, 6.45) is 2.52. The number of amides is 1. The SMILES string of the molecule is CC1C2C3C1C1C3C2C1(C)CN1CCc2ncc(C(=O)NO)cc2C1. The number of hydrogen-bond acceptors (Lipinski definition) is 4. The summed E-state index contributed by atoms with van der Waals surface area (Å²) in [4.78, 5) is 18.7. The third-order valence-electron chi connectivity index (χ3n) is 8.78. The van der Waals surface area contributed by atoms with Gasteiger partial charge in [-0.3, -0.25) is 19.9 Å². The van der Waals surface area contributed by atoms with Gasteiger partial charge in [-0.25, -0.2) is 5.48 Å². The Labute approximate surface area is 147 Å². The highest BCUT2D eigenvalue weighted by Gasteiger charge is 2.88. The van der Waals surface area contributed by atoms with Gasteiger partial charge in [-0.1, -0.05) is 13.8 Å². The van der Waals surface area contributed by atoms with Crippen molar-refractivity contribution in [3.05, 3.63) is 29.1 Å². The Morgan fingerprint density at radius 2 is 2.12 bits per heavy atom. The minimum atomic E-state index is -0.481. The lowest BCUT2D eigenvalue weighted by atomic mass is 9.11. The summed E-state index contributed by atoms with van der Waals surface area (Å²) in [5.41, 5.74) is 4.91. The molecule has 5 heteroatoms. The van der Waals surface area contributed by atoms with Gasteiger partial charge < -0.3 is 0 Å². The van der Waals surface area contributed by atoms with Gasteiger partial charge in [0.1, 0.15) is 0 Å². The van der Waals surface area contributed by atoms with Crippen molar-refractivity contribution in [3.8, 4) is 0 Å². The van der Waals surface area contributed by atoms with Crippen LogP contribution >= 0.6 is 0 Å². The Morgan fingerprint density at radius 3 is 2.80 bits per heavy atom. The normalized spacial score (nSPS) is 48.0. The number of carbonyl (C=O) groups is 1. The zero-order chi connectivity index (χ0) is 17.1. The number of hydrogen-bond donors (Lipinski definition) is 2. The van der Waals surface area contributed by atoms with Crippen molar-refractivity contribution in [1.82, 2.24) is 15.4 Å². The van der Waals surface area contributed by atoms with E-state index in [0.29, 0.717) is 11.0 Å². The summed E-state index contributed by atoms with van der Waals surface area (Å²) in [6.45, 7) is 8.17. The molecular formula is C20H25N3O2. The van der Waals surface area contributed by atoms with E-state index in [9.17, 15) is 4.79 Å². The van der Waals surface area contributed by atoms with E-state index in [4.69, 9.17) is 5.21 Å². The zero-order valence-electron chi connectivity index (χ0n) is 14.8. The van der Waals surface area contributed by atoms with E-state index < -0.39 is 5.91 Å². The number of hydroxylamine groups is 1. The third-order valence-corrected chi connectivity index (χ3v) is 8.78. The average molecular weight is 339 g/mol. The van der Waals surface area contributed by atoms with Crippen molar-refractivity contribution in [3.63, 3.8) is 0 Å². The summed E-state index contributed by atoms with van der Waals surface area (Å²) >= 11 is 0. The summed E-state index contributed by atoms with van der Waals surface area (Å²) in [6, 6.07) is 1.90. The molecule has 5 aliphatic rings. The van der Waals surface area contributed by atoms with Crippen molar-refractivity contribution in [2.75, 3.05) is 13.1 Å². The van der Waals surface area contributed by atoms with E-state index in [0.717, 1.165) is 72.2 Å². The van der Waals surface area contributed by atoms with Gasteiger partial charge in [0.15, 0.2) is 0 Å². The van der Waals surface area contributed by atoms with Gasteiger partial charge in [0.05, 0.1) is 5.56 Å². The predicted octanol–water partition coefficient (Wildman–Crippen LogP) is 1.95. The van der Waals surface area contributed by atoms with Crippen LogP contribution in [0.1, 0.15) is 35.5 Å². The maximum Gasteiger partial charge on any atom is 0.276 e. The van der Waals surface area contributed by atoms with Gasteiger partial charge in [-0.2, -0.15) is 0 Å². The van der Waals surface area contributed by atoms with Gasteiger partial charge in [-0.15, -0.1) is 0 Å². The highest BCUT2D eigenvalue weighted by molar-refractivity contribution is 5.93. The molecule has 1 aromatic heterocycles. The maximum absolute atomic E-state index is 11.7. The van der Waals surface area contributed by atoms with Crippen molar-refractivity contribution in [1.29, 1.82) is 0 Å². The summed E-state index contributed by atoms with van der Waals surface area (Å²) in [5.74, 6) is 6.72. The Hall–Kier alpha value is -1.46. The fraction of sp³-hybridized carbons (Fsp3) is 0.700. The van der Waals surface area contributed by atoms with Crippen LogP contribution < -0.4 is 5.48 Å². The molecule has 5 nitrogen and oxygen atoms in total. The molecule has 0 radical (unpaired) electrons. The van der Waals surface area contributed by atoms with Crippen LogP contribution in [0, 0.1) is 46.8 Å². The molecule has 6 rings (SSSR count). The topological polar surface area (TPSA) is 65.5 Å². The lowest BCUT2D eigenvalue weighted by Crippen LogP contribution is -2.91. The molecule has 0 saturated heterocycles. The first-order valence-electron chi connectivity index (χ1n) is 9.69. The highest BCUT2D eigenvalue weighted by Crippen LogP contribution is 2.91. The van der Waals surface area contributed by atoms with Crippen molar-refractivity contribution < 1.29 is 10.0 Å². The summed E-state index contributed by atoms with van der Waals surface area (Å²) in [5, 5.41) is 8.84. The van der Waals surface area contributed by atoms with Crippen LogP contribution in [0.5, 0.6) is 0 Å². The van der Waals surface area contributed by atoms with E-state index in [2.05, 4.69) is 23.7 Å². The number of nitrogens with one attached hydrogen (secondary N) is 1. The number of nitrogens with zero attached hydrogens (tertiary/aromatic N) is 2. The molecule has 4 atom stereocenters. The Bertz CT molecular complexity index is 767. The molecule has 4 aliphatic carbocycles. The molecule has 1 amide bonds. The highest BCUT2D eigenvalue weighted by atomic mass is 16.5. The summed E-state index contributed by atoms with van der Waals surface area (Å²) < 4.78 is 0. The van der Waals surface area contributed by atoms with Crippen molar-refractivity contribution in [2.45, 2.75) is 26.8 Å². The molecule has 0 aromatic carbocycles. The minimum absolute atomic E-state index is 0.439. The number of carbonyl (C=O) groups excluding carboxylic acids is 1. The summed E-state index contributed by atoms with van der Waals surface area (Å²) in [7, 11) is 0. The van der Waals surface area contributed by atoms with Crippen LogP contribution in [0.15, 0.2) is 12.3 Å². The van der Waals surface area contributed by atoms with Crippen LogP contribution in [-0.4, -0.2) is 34.1 Å². The fourth-order valence-corrected chi connectivity index (χ4v) is 8.00. The van der Waals surface area contributed by atoms with Gasteiger partial charge in [0, 0.05) is 37.9 Å². The molecule has 0 bridgehead atoms. The van der Waals surface area contributed by atoms with Gasteiger partial charge >= 0.3 is 0 Å². The molecular weight excluding hydrogens is 314 g/mol. The van der Waals surface area contributed by atoms with E-state index in [1.807, 2.05) is 6.07 Å². The predicted molar refractivity (Wildman–Crippen MR) is 90.7 cm³/mol. The first kappa shape index (κ1) is 14.7. The van der Waals surface area contributed by atoms with E-state index >= 15 is 0 Å². The van der Waals surface area contributed by atoms with Crippen molar-refractivity contribution in [2.24, 2.45) is 46.8 Å². The number of pyridine rings is 1. The van der Waals surface area contributed by atoms with E-state index in [1.165, 1.54) is 6.54 Å². The van der Waals surface area contributed by atoms with Gasteiger partial charge in [0.25, 0.3) is 5.91 Å². The Balaban J connectivity index is 1.21. The standard InChI is InChI=1S/C20H25N3O2/c1-9-13-15-14(9)18-16(15)17(13)20(18,2)8-23-4-3-12-11(7-23)5-10(6-21-12)19(24)22-25/h5-6,9,13-18,25H,3-4,7-8H2,1-2H3,(H,22,24). The molecule has 25 heavy (non-hydrogen) atoms. The Kier molecular flexibility index (Phi) is 2.61. The molecule has 1 aromatic rings. The first-order chi connectivity index (χ1) is 12.0. The van der Waals surface area contributed by atoms with Gasteiger partial charge in [-0.05, 0) is 58.5 Å². The molecule has 2 N–H and O–H groups in total. The smallest absolute Gasteiger partial charge is 0.276 e. The number of rotatable bonds is 3. The molecule has 4 fully saturated rings. The number of aromatic nitrogens is 1.